The number of hydrogen-bond donors (Lipinski definition) is 1. The van der Waals surface area contributed by atoms with E-state index in [4.69, 9.17) is 4.74 Å². The predicted molar refractivity (Wildman–Crippen MR) is 84.3 cm³/mol. The molecule has 1 unspecified atom stereocenters. The number of amides is 1. The van der Waals surface area contributed by atoms with Crippen LogP contribution in [0.15, 0.2) is 24.3 Å². The van der Waals surface area contributed by atoms with Crippen LogP contribution in [-0.2, 0) is 4.79 Å². The Morgan fingerprint density at radius 2 is 2.22 bits per heavy atom. The average molecular weight is 319 g/mol. The van der Waals surface area contributed by atoms with Gasteiger partial charge in [0.1, 0.15) is 12.1 Å². The van der Waals surface area contributed by atoms with Gasteiger partial charge in [0.15, 0.2) is 11.6 Å². The Balaban J connectivity index is 1.72. The number of halogens is 1. The van der Waals surface area contributed by atoms with E-state index in [1.807, 2.05) is 0 Å². The van der Waals surface area contributed by atoms with Crippen molar-refractivity contribution in [2.45, 2.75) is 25.3 Å². The topological polar surface area (TPSA) is 65.4 Å². The maximum Gasteiger partial charge on any atom is 0.235 e. The highest BCUT2D eigenvalue weighted by Gasteiger charge is 2.42. The van der Waals surface area contributed by atoms with Crippen LogP contribution >= 0.6 is 0 Å². The number of rotatable bonds is 8. The molecule has 0 heterocycles. The van der Waals surface area contributed by atoms with Crippen molar-refractivity contribution in [3.05, 3.63) is 30.1 Å². The highest BCUT2D eigenvalue weighted by atomic mass is 19.1. The maximum absolute atomic E-state index is 13.4. The van der Waals surface area contributed by atoms with Crippen LogP contribution in [0.3, 0.4) is 0 Å². The van der Waals surface area contributed by atoms with Crippen LogP contribution in [0.5, 0.6) is 5.75 Å². The minimum absolute atomic E-state index is 0.171. The van der Waals surface area contributed by atoms with Gasteiger partial charge < -0.3 is 10.1 Å². The summed E-state index contributed by atoms with van der Waals surface area (Å²) in [6.45, 7) is 2.70. The largest absolute Gasteiger partial charge is 0.489 e. The number of carbonyl (C=O) groups excluding carboxylic acids is 1. The minimum atomic E-state index is -0.776. The molecule has 23 heavy (non-hydrogen) atoms. The van der Waals surface area contributed by atoms with Crippen LogP contribution in [0.4, 0.5) is 4.39 Å². The van der Waals surface area contributed by atoms with Crippen LogP contribution in [-0.4, -0.2) is 43.1 Å². The standard InChI is InChI=1S/C17H22FN3O2/c1-17(12-19,13-7-8-13)20-16(22)11-21(2)9-10-23-15-6-4-3-5-14(15)18/h3-6,13H,7-11H2,1-2H3,(H,20,22). The van der Waals surface area contributed by atoms with E-state index in [0.29, 0.717) is 6.54 Å². The summed E-state index contributed by atoms with van der Waals surface area (Å²) in [4.78, 5) is 13.8. The summed E-state index contributed by atoms with van der Waals surface area (Å²) in [6.07, 6.45) is 1.97. The third-order valence-corrected chi connectivity index (χ3v) is 4.01. The van der Waals surface area contributed by atoms with E-state index in [9.17, 15) is 14.4 Å². The molecule has 0 spiro atoms. The Morgan fingerprint density at radius 3 is 2.83 bits per heavy atom. The lowest BCUT2D eigenvalue weighted by atomic mass is 9.98. The molecule has 1 saturated carbocycles. The fraction of sp³-hybridized carbons (Fsp3) is 0.529. The molecule has 1 aliphatic rings. The van der Waals surface area contributed by atoms with Crippen molar-refractivity contribution < 1.29 is 13.9 Å². The third kappa shape index (κ3) is 4.93. The smallest absolute Gasteiger partial charge is 0.235 e. The first-order valence-corrected chi connectivity index (χ1v) is 7.73. The van der Waals surface area contributed by atoms with E-state index < -0.39 is 11.4 Å². The Morgan fingerprint density at radius 1 is 1.52 bits per heavy atom. The number of likely N-dealkylation sites (N-methyl/N-ethyl adjacent to an activating group) is 1. The van der Waals surface area contributed by atoms with Gasteiger partial charge in [-0.05, 0) is 44.9 Å². The summed E-state index contributed by atoms with van der Waals surface area (Å²) in [7, 11) is 1.78. The first-order chi connectivity index (χ1) is 10.9. The summed E-state index contributed by atoms with van der Waals surface area (Å²) in [6, 6.07) is 8.41. The molecule has 0 radical (unpaired) electrons. The van der Waals surface area contributed by atoms with Crippen molar-refractivity contribution in [1.29, 1.82) is 5.26 Å². The zero-order valence-corrected chi connectivity index (χ0v) is 13.5. The van der Waals surface area contributed by atoms with Gasteiger partial charge in [-0.3, -0.25) is 9.69 Å². The fourth-order valence-corrected chi connectivity index (χ4v) is 2.41. The Hall–Kier alpha value is -2.13. The monoisotopic (exact) mass is 319 g/mol. The number of nitrogens with one attached hydrogen (secondary N) is 1. The third-order valence-electron chi connectivity index (χ3n) is 4.01. The predicted octanol–water partition coefficient (Wildman–Crippen LogP) is 1.94. The molecule has 1 fully saturated rings. The molecule has 0 bridgehead atoms. The van der Waals surface area contributed by atoms with Crippen molar-refractivity contribution >= 4 is 5.91 Å². The summed E-state index contributed by atoms with van der Waals surface area (Å²) < 4.78 is 18.8. The molecule has 0 aromatic heterocycles. The average Bonchev–Trinajstić information content (AvgIpc) is 3.34. The van der Waals surface area contributed by atoms with Gasteiger partial charge in [-0.25, -0.2) is 4.39 Å². The minimum Gasteiger partial charge on any atom is -0.489 e. The van der Waals surface area contributed by atoms with Gasteiger partial charge in [0.25, 0.3) is 0 Å². The van der Waals surface area contributed by atoms with Crippen molar-refractivity contribution in [2.75, 3.05) is 26.7 Å². The highest BCUT2D eigenvalue weighted by molar-refractivity contribution is 5.79. The second-order valence-corrected chi connectivity index (χ2v) is 6.15. The molecule has 1 N–H and O–H groups in total. The molecule has 0 aliphatic heterocycles. The van der Waals surface area contributed by atoms with Crippen LogP contribution in [0.1, 0.15) is 19.8 Å². The van der Waals surface area contributed by atoms with Crippen molar-refractivity contribution in [3.63, 3.8) is 0 Å². The first kappa shape index (κ1) is 17.2. The van der Waals surface area contributed by atoms with Crippen molar-refractivity contribution in [2.24, 2.45) is 5.92 Å². The second kappa shape index (κ2) is 7.42. The number of para-hydroxylation sites is 1. The van der Waals surface area contributed by atoms with Gasteiger partial charge in [-0.1, -0.05) is 12.1 Å². The first-order valence-electron chi connectivity index (χ1n) is 7.73. The molecule has 1 aliphatic carbocycles. The van der Waals surface area contributed by atoms with Crippen LogP contribution in [0.25, 0.3) is 0 Å². The van der Waals surface area contributed by atoms with E-state index in [2.05, 4.69) is 11.4 Å². The fourth-order valence-electron chi connectivity index (χ4n) is 2.41. The van der Waals surface area contributed by atoms with Gasteiger partial charge >= 0.3 is 0 Å². The lowest BCUT2D eigenvalue weighted by Gasteiger charge is -2.24. The maximum atomic E-state index is 13.4. The number of benzene rings is 1. The molecule has 1 aromatic rings. The van der Waals surface area contributed by atoms with Gasteiger partial charge in [-0.2, -0.15) is 5.26 Å². The summed E-state index contributed by atoms with van der Waals surface area (Å²) in [5.74, 6) is -0.126. The van der Waals surface area contributed by atoms with E-state index >= 15 is 0 Å². The van der Waals surface area contributed by atoms with Crippen LogP contribution in [0.2, 0.25) is 0 Å². The van der Waals surface area contributed by atoms with Gasteiger partial charge in [0, 0.05) is 6.54 Å². The lowest BCUT2D eigenvalue weighted by Crippen LogP contribution is -2.50. The molecule has 124 valence electrons. The highest BCUT2D eigenvalue weighted by Crippen LogP contribution is 2.39. The number of hydrogen-bond acceptors (Lipinski definition) is 4. The molecule has 6 heteroatoms. The van der Waals surface area contributed by atoms with E-state index in [-0.39, 0.29) is 30.7 Å². The molecule has 1 amide bonds. The number of carbonyl (C=O) groups is 1. The summed E-state index contributed by atoms with van der Waals surface area (Å²) in [5.41, 5.74) is -0.776. The lowest BCUT2D eigenvalue weighted by molar-refractivity contribution is -0.123. The molecule has 1 aromatic carbocycles. The Kier molecular flexibility index (Phi) is 5.56. The summed E-state index contributed by atoms with van der Waals surface area (Å²) >= 11 is 0. The molecule has 2 rings (SSSR count). The van der Waals surface area contributed by atoms with E-state index in [1.165, 1.54) is 6.07 Å². The second-order valence-electron chi connectivity index (χ2n) is 6.15. The number of ether oxygens (including phenoxy) is 1. The zero-order chi connectivity index (χ0) is 16.9. The Labute approximate surface area is 136 Å². The van der Waals surface area contributed by atoms with Crippen molar-refractivity contribution in [1.82, 2.24) is 10.2 Å². The Bertz CT molecular complexity index is 598. The van der Waals surface area contributed by atoms with Crippen LogP contribution in [0, 0.1) is 23.1 Å². The van der Waals surface area contributed by atoms with Gasteiger partial charge in [0.05, 0.1) is 12.6 Å². The van der Waals surface area contributed by atoms with Gasteiger partial charge in [-0.15, -0.1) is 0 Å². The molecule has 0 saturated heterocycles. The molecule has 1 atom stereocenters. The normalized spacial score (nSPS) is 16.5. The molecule has 5 nitrogen and oxygen atoms in total. The molecular formula is C17H22FN3O2. The number of nitriles is 1. The number of nitrogens with zero attached hydrogens (tertiary/aromatic N) is 2. The van der Waals surface area contributed by atoms with Crippen LogP contribution < -0.4 is 10.1 Å². The zero-order valence-electron chi connectivity index (χ0n) is 13.5. The molecular weight excluding hydrogens is 297 g/mol. The summed E-state index contributed by atoms with van der Waals surface area (Å²) in [5, 5.41) is 12.0. The van der Waals surface area contributed by atoms with E-state index in [1.54, 1.807) is 37.1 Å². The van der Waals surface area contributed by atoms with E-state index in [0.717, 1.165) is 12.8 Å². The van der Waals surface area contributed by atoms with Gasteiger partial charge in [0.2, 0.25) is 5.91 Å². The quantitative estimate of drug-likeness (QED) is 0.795. The SMILES string of the molecule is CN(CCOc1ccccc1F)CC(=O)NC(C)(C#N)C1CC1. The van der Waals surface area contributed by atoms with Crippen molar-refractivity contribution in [3.8, 4) is 11.8 Å².